The zero-order valence-electron chi connectivity index (χ0n) is 16.6. The lowest BCUT2D eigenvalue weighted by Gasteiger charge is -2.45. The summed E-state index contributed by atoms with van der Waals surface area (Å²) in [6.07, 6.45) is -0.333. The third-order valence-corrected chi connectivity index (χ3v) is 15.1. The first kappa shape index (κ1) is 19.6. The molecule has 23 heavy (non-hydrogen) atoms. The topological polar surface area (TPSA) is 36.9 Å². The van der Waals surface area contributed by atoms with Crippen LogP contribution in [0, 0.1) is 0 Å². The van der Waals surface area contributed by atoms with Gasteiger partial charge in [0.15, 0.2) is 22.9 Å². The summed E-state index contributed by atoms with van der Waals surface area (Å²) in [4.78, 5) is 0. The van der Waals surface area contributed by atoms with Gasteiger partial charge in [0.05, 0.1) is 6.61 Å². The molecule has 136 valence electrons. The van der Waals surface area contributed by atoms with Crippen molar-refractivity contribution < 1.29 is 18.3 Å². The summed E-state index contributed by atoms with van der Waals surface area (Å²) in [7, 11) is -3.77. The van der Waals surface area contributed by atoms with Gasteiger partial charge in [0.1, 0.15) is 18.3 Å². The summed E-state index contributed by atoms with van der Waals surface area (Å²) in [5, 5.41) is 0.341. The van der Waals surface area contributed by atoms with Crippen LogP contribution >= 0.6 is 0 Å². The molecule has 2 saturated heterocycles. The van der Waals surface area contributed by atoms with Crippen LogP contribution in [0.1, 0.15) is 41.5 Å². The van der Waals surface area contributed by atoms with E-state index in [1.54, 1.807) is 0 Å². The Morgan fingerprint density at radius 1 is 0.783 bits per heavy atom. The van der Waals surface area contributed by atoms with Crippen LogP contribution < -0.4 is 0 Å². The molecule has 0 spiro atoms. The molecule has 6 heteroatoms. The third-order valence-electron chi connectivity index (χ3n) is 6.17. The quantitative estimate of drug-likeness (QED) is 0.691. The van der Waals surface area contributed by atoms with Gasteiger partial charge >= 0.3 is 0 Å². The SMILES string of the molecule is CC(C)(C)[Si](C)(C)O[C@@H]1[C@@H](O[Si](C)(C)C(C)(C)C)[C@H]2OC[C@H]1O2. The molecule has 4 atom stereocenters. The van der Waals surface area contributed by atoms with E-state index < -0.39 is 16.6 Å². The Labute approximate surface area is 144 Å². The highest BCUT2D eigenvalue weighted by Crippen LogP contribution is 2.45. The number of ether oxygens (including phenoxy) is 2. The summed E-state index contributed by atoms with van der Waals surface area (Å²) in [6, 6.07) is 0. The van der Waals surface area contributed by atoms with Gasteiger partial charge in [-0.2, -0.15) is 0 Å². The summed E-state index contributed by atoms with van der Waals surface area (Å²) >= 11 is 0. The molecule has 2 fully saturated rings. The van der Waals surface area contributed by atoms with Crippen LogP contribution in [-0.2, 0) is 18.3 Å². The monoisotopic (exact) mass is 360 g/mol. The molecule has 2 aliphatic rings. The van der Waals surface area contributed by atoms with Crippen molar-refractivity contribution >= 4 is 16.6 Å². The van der Waals surface area contributed by atoms with Gasteiger partial charge in [-0.25, -0.2) is 0 Å². The Morgan fingerprint density at radius 3 is 1.65 bits per heavy atom. The number of rotatable bonds is 4. The molecule has 0 unspecified atom stereocenters. The highest BCUT2D eigenvalue weighted by molar-refractivity contribution is 6.74. The van der Waals surface area contributed by atoms with Crippen LogP contribution in [0.5, 0.6) is 0 Å². The van der Waals surface area contributed by atoms with E-state index in [9.17, 15) is 0 Å². The van der Waals surface area contributed by atoms with Crippen LogP contribution in [0.25, 0.3) is 0 Å². The molecule has 0 N–H and O–H groups in total. The van der Waals surface area contributed by atoms with Crippen molar-refractivity contribution in [1.29, 1.82) is 0 Å². The molecule has 4 nitrogen and oxygen atoms in total. The molecule has 0 aliphatic carbocycles. The van der Waals surface area contributed by atoms with Gasteiger partial charge in [0.2, 0.25) is 0 Å². The fourth-order valence-corrected chi connectivity index (χ4v) is 5.05. The van der Waals surface area contributed by atoms with Gasteiger partial charge in [-0.15, -0.1) is 0 Å². The van der Waals surface area contributed by atoms with E-state index in [0.717, 1.165) is 0 Å². The third kappa shape index (κ3) is 3.77. The van der Waals surface area contributed by atoms with Crippen LogP contribution in [0.4, 0.5) is 0 Å². The Morgan fingerprint density at radius 2 is 1.22 bits per heavy atom. The molecular formula is C17H36O4Si2. The summed E-state index contributed by atoms with van der Waals surface area (Å²) in [6.45, 7) is 23.4. The van der Waals surface area contributed by atoms with Crippen molar-refractivity contribution in [2.24, 2.45) is 0 Å². The van der Waals surface area contributed by atoms with E-state index in [1.807, 2.05) is 0 Å². The molecule has 0 amide bonds. The van der Waals surface area contributed by atoms with Crippen LogP contribution in [0.15, 0.2) is 0 Å². The maximum atomic E-state index is 6.70. The minimum Gasteiger partial charge on any atom is -0.408 e. The average molecular weight is 361 g/mol. The van der Waals surface area contributed by atoms with E-state index in [4.69, 9.17) is 18.3 Å². The van der Waals surface area contributed by atoms with Crippen LogP contribution in [0.3, 0.4) is 0 Å². The van der Waals surface area contributed by atoms with E-state index in [2.05, 4.69) is 67.7 Å². The largest absolute Gasteiger partial charge is 0.408 e. The number of hydrogen-bond acceptors (Lipinski definition) is 4. The molecule has 0 saturated carbocycles. The smallest absolute Gasteiger partial charge is 0.192 e. The van der Waals surface area contributed by atoms with Crippen molar-refractivity contribution in [2.45, 2.75) is 102 Å². The normalized spacial score (nSPS) is 32.6. The lowest BCUT2D eigenvalue weighted by Crippen LogP contribution is -2.56. The maximum Gasteiger partial charge on any atom is 0.192 e. The van der Waals surface area contributed by atoms with Crippen LogP contribution in [-0.4, -0.2) is 47.8 Å². The van der Waals surface area contributed by atoms with E-state index in [0.29, 0.717) is 6.61 Å². The summed E-state index contributed by atoms with van der Waals surface area (Å²) < 4.78 is 25.1. The van der Waals surface area contributed by atoms with E-state index in [1.165, 1.54) is 0 Å². The lowest BCUT2D eigenvalue weighted by atomic mass is 10.1. The van der Waals surface area contributed by atoms with Gasteiger partial charge in [-0.1, -0.05) is 41.5 Å². The molecule has 0 aromatic heterocycles. The Bertz CT molecular complexity index is 397. The van der Waals surface area contributed by atoms with Gasteiger partial charge in [0, 0.05) is 0 Å². The Balaban J connectivity index is 2.18. The minimum atomic E-state index is -1.90. The van der Waals surface area contributed by atoms with E-state index in [-0.39, 0.29) is 34.7 Å². The second-order valence-electron chi connectivity index (χ2n) is 10.1. The molecule has 2 rings (SSSR count). The molecule has 0 radical (unpaired) electrons. The predicted octanol–water partition coefficient (Wildman–Crippen LogP) is 4.52. The van der Waals surface area contributed by atoms with Crippen LogP contribution in [0.2, 0.25) is 36.3 Å². The predicted molar refractivity (Wildman–Crippen MR) is 98.8 cm³/mol. The van der Waals surface area contributed by atoms with Crippen molar-refractivity contribution in [2.75, 3.05) is 6.61 Å². The fraction of sp³-hybridized carbons (Fsp3) is 1.00. The standard InChI is InChI=1S/C17H36O4Si2/c1-16(2,3)22(7,8)20-13-12-11-18-15(19-12)14(13)21-23(9,10)17(4,5)6/h12-15H,11H2,1-10H3/t12-,13+,14-,15+/m1/s1. The minimum absolute atomic E-state index is 0.00349. The van der Waals surface area contributed by atoms with Crippen molar-refractivity contribution in [3.05, 3.63) is 0 Å². The summed E-state index contributed by atoms with van der Waals surface area (Å²) in [5.41, 5.74) is 0. The number of hydrogen-bond donors (Lipinski definition) is 0. The molecule has 2 heterocycles. The van der Waals surface area contributed by atoms with Crippen molar-refractivity contribution in [1.82, 2.24) is 0 Å². The molecule has 0 aromatic carbocycles. The zero-order chi connectivity index (χ0) is 17.8. The summed E-state index contributed by atoms with van der Waals surface area (Å²) in [5.74, 6) is 0. The van der Waals surface area contributed by atoms with Crippen molar-refractivity contribution in [3.63, 3.8) is 0 Å². The van der Waals surface area contributed by atoms with Gasteiger partial charge in [-0.05, 0) is 36.3 Å². The first-order chi connectivity index (χ1) is 10.2. The maximum absolute atomic E-state index is 6.70. The second-order valence-corrected chi connectivity index (χ2v) is 19.6. The molecule has 0 aromatic rings. The average Bonchev–Trinajstić information content (AvgIpc) is 2.88. The molecule has 2 aliphatic heterocycles. The van der Waals surface area contributed by atoms with Gasteiger partial charge in [-0.3, -0.25) is 0 Å². The fourth-order valence-electron chi connectivity index (χ4n) is 2.45. The number of fused-ring (bicyclic) bond motifs is 2. The van der Waals surface area contributed by atoms with Gasteiger partial charge in [0.25, 0.3) is 0 Å². The lowest BCUT2D eigenvalue weighted by molar-refractivity contribution is -0.103. The molecular weight excluding hydrogens is 324 g/mol. The Hall–Kier alpha value is 0.274. The van der Waals surface area contributed by atoms with E-state index >= 15 is 0 Å². The van der Waals surface area contributed by atoms with Crippen molar-refractivity contribution in [3.8, 4) is 0 Å². The first-order valence-corrected chi connectivity index (χ1v) is 14.6. The zero-order valence-corrected chi connectivity index (χ0v) is 18.6. The first-order valence-electron chi connectivity index (χ1n) is 8.78. The highest BCUT2D eigenvalue weighted by atomic mass is 28.4. The Kier molecular flexibility index (Phi) is 5.04. The van der Waals surface area contributed by atoms with Gasteiger partial charge < -0.3 is 18.3 Å². The highest BCUT2D eigenvalue weighted by Gasteiger charge is 2.57. The molecule has 2 bridgehead atoms. The second kappa shape index (κ2) is 5.92.